The first-order chi connectivity index (χ1) is 22.5. The molecule has 0 saturated carbocycles. The van der Waals surface area contributed by atoms with E-state index in [1.807, 2.05) is 87.0 Å². The summed E-state index contributed by atoms with van der Waals surface area (Å²) in [6.07, 6.45) is 25.5. The van der Waals surface area contributed by atoms with Crippen LogP contribution in [-0.4, -0.2) is 12.4 Å². The van der Waals surface area contributed by atoms with Crippen LogP contribution in [0.3, 0.4) is 0 Å². The minimum Gasteiger partial charge on any atom is -0.256 e. The molecule has 0 spiro atoms. The molecule has 228 valence electrons. The van der Waals surface area contributed by atoms with Crippen LogP contribution in [0.4, 0.5) is 5.69 Å². The average molecular weight is 599 g/mol. The lowest BCUT2D eigenvalue weighted by atomic mass is 9.91. The fourth-order valence-electron chi connectivity index (χ4n) is 4.97. The average Bonchev–Trinajstić information content (AvgIpc) is 3.04. The molecule has 0 unspecified atom stereocenters. The van der Waals surface area contributed by atoms with E-state index < -0.39 is 0 Å². The third-order valence-electron chi connectivity index (χ3n) is 7.47. The minimum atomic E-state index is 0.916. The number of nitrogens with zero attached hydrogens (tertiary/aromatic N) is 2. The molecule has 0 fully saturated rings. The lowest BCUT2D eigenvalue weighted by molar-refractivity contribution is 1.41. The summed E-state index contributed by atoms with van der Waals surface area (Å²) < 4.78 is 0. The summed E-state index contributed by atoms with van der Waals surface area (Å²) in [5.74, 6) is 0. The van der Waals surface area contributed by atoms with Crippen molar-refractivity contribution in [2.75, 3.05) is 0 Å². The Balaban J connectivity index is 0.000000363. The first-order valence-electron chi connectivity index (χ1n) is 15.5. The molecule has 0 saturated heterocycles. The van der Waals surface area contributed by atoms with Crippen molar-refractivity contribution in [3.05, 3.63) is 192 Å². The van der Waals surface area contributed by atoms with Crippen LogP contribution >= 0.6 is 0 Å². The van der Waals surface area contributed by atoms with Crippen LogP contribution in [0.25, 0.3) is 27.6 Å². The van der Waals surface area contributed by atoms with E-state index in [9.17, 15) is 0 Å². The summed E-state index contributed by atoms with van der Waals surface area (Å²) >= 11 is 0. The van der Waals surface area contributed by atoms with Gasteiger partial charge in [0.2, 0.25) is 0 Å². The molecule has 4 aromatic carbocycles. The van der Waals surface area contributed by atoms with Crippen molar-refractivity contribution in [2.24, 2.45) is 9.98 Å². The third-order valence-corrected chi connectivity index (χ3v) is 7.47. The van der Waals surface area contributed by atoms with E-state index in [1.165, 1.54) is 22.3 Å². The fourth-order valence-corrected chi connectivity index (χ4v) is 4.97. The number of allylic oxidation sites excluding steroid dienone is 12. The molecule has 1 aliphatic heterocycles. The summed E-state index contributed by atoms with van der Waals surface area (Å²) in [7, 11) is 0. The van der Waals surface area contributed by atoms with Gasteiger partial charge in [-0.1, -0.05) is 146 Å². The van der Waals surface area contributed by atoms with Gasteiger partial charge in [-0.2, -0.15) is 0 Å². The Hall–Kier alpha value is -5.60. The van der Waals surface area contributed by atoms with Gasteiger partial charge in [0.05, 0.1) is 11.4 Å². The van der Waals surface area contributed by atoms with Gasteiger partial charge in [-0.05, 0) is 79.1 Å². The zero-order valence-electron chi connectivity index (χ0n) is 27.3. The van der Waals surface area contributed by atoms with Gasteiger partial charge < -0.3 is 0 Å². The summed E-state index contributed by atoms with van der Waals surface area (Å²) in [5, 5.41) is 2.22. The Morgan fingerprint density at radius 2 is 1.52 bits per heavy atom. The van der Waals surface area contributed by atoms with E-state index in [2.05, 4.69) is 117 Å². The SMILES string of the molecule is C=C/C=C(/c1ccc2c(N=C/C=C\C=C/C)c(C(=C)/C=C\C=C/C)ccc2c1)c1ccccc1C.Cc1ccc(C2=CC=N2)cc1. The van der Waals surface area contributed by atoms with Crippen molar-refractivity contribution in [3.8, 4) is 0 Å². The standard InChI is InChI=1S/C34H33N.C10H9N/c1-6-9-11-15-24-35-34-31(27(5)17-12-10-7-2)22-20-29-25-28(21-23-33(29)34)32(16-8-3)30-19-14-13-18-26(30)4;1-8-2-4-9(5-3-8)10-6-7-11-10/h6-25H,3,5H2,1-2,4H3;2-7H,1H3/b9-6-,10-7-,15-11-,17-12-,32-16-,35-24?;. The molecule has 0 amide bonds. The second kappa shape index (κ2) is 17.0. The van der Waals surface area contributed by atoms with Gasteiger partial charge >= 0.3 is 0 Å². The molecule has 0 aromatic heterocycles. The summed E-state index contributed by atoms with van der Waals surface area (Å²) in [5.41, 5.74) is 11.2. The van der Waals surface area contributed by atoms with Gasteiger partial charge in [-0.15, -0.1) is 0 Å². The number of aliphatic imine (C=N–C) groups is 2. The van der Waals surface area contributed by atoms with Crippen LogP contribution in [0, 0.1) is 13.8 Å². The molecular weight excluding hydrogens is 556 g/mol. The van der Waals surface area contributed by atoms with Crippen molar-refractivity contribution in [1.82, 2.24) is 0 Å². The van der Waals surface area contributed by atoms with Gasteiger partial charge in [-0.3, -0.25) is 9.98 Å². The molecule has 0 atom stereocenters. The Bertz CT molecular complexity index is 1930. The molecule has 0 N–H and O–H groups in total. The predicted molar refractivity (Wildman–Crippen MR) is 205 cm³/mol. The predicted octanol–water partition coefficient (Wildman–Crippen LogP) is 12.2. The van der Waals surface area contributed by atoms with Crippen LogP contribution in [-0.2, 0) is 0 Å². The third kappa shape index (κ3) is 8.74. The summed E-state index contributed by atoms with van der Waals surface area (Å²) in [4.78, 5) is 8.95. The van der Waals surface area contributed by atoms with Crippen molar-refractivity contribution < 1.29 is 0 Å². The maximum atomic E-state index is 4.85. The molecule has 4 aromatic rings. The molecule has 0 bridgehead atoms. The molecular formula is C44H42N2. The van der Waals surface area contributed by atoms with E-state index in [0.29, 0.717) is 0 Å². The highest BCUT2D eigenvalue weighted by Crippen LogP contribution is 2.37. The van der Waals surface area contributed by atoms with E-state index >= 15 is 0 Å². The molecule has 1 heterocycles. The lowest BCUT2D eigenvalue weighted by Crippen LogP contribution is -1.92. The van der Waals surface area contributed by atoms with Crippen molar-refractivity contribution in [3.63, 3.8) is 0 Å². The number of benzene rings is 4. The van der Waals surface area contributed by atoms with Crippen LogP contribution in [0.1, 0.15) is 47.2 Å². The van der Waals surface area contributed by atoms with Gasteiger partial charge in [0.15, 0.2) is 0 Å². The maximum absolute atomic E-state index is 4.85. The largest absolute Gasteiger partial charge is 0.256 e. The first kappa shape index (κ1) is 33.3. The van der Waals surface area contributed by atoms with E-state index in [-0.39, 0.29) is 0 Å². The van der Waals surface area contributed by atoms with Crippen LogP contribution in [0.2, 0.25) is 0 Å². The van der Waals surface area contributed by atoms with Crippen molar-refractivity contribution in [1.29, 1.82) is 0 Å². The monoisotopic (exact) mass is 598 g/mol. The van der Waals surface area contributed by atoms with Crippen molar-refractivity contribution in [2.45, 2.75) is 27.7 Å². The quantitative estimate of drug-likeness (QED) is 0.128. The Labute approximate surface area is 275 Å². The molecule has 5 rings (SSSR count). The van der Waals surface area contributed by atoms with E-state index in [1.54, 1.807) is 0 Å². The number of fused-ring (bicyclic) bond motifs is 1. The Morgan fingerprint density at radius 3 is 2.20 bits per heavy atom. The highest BCUT2D eigenvalue weighted by atomic mass is 14.8. The summed E-state index contributed by atoms with van der Waals surface area (Å²) in [6.45, 7) is 16.5. The Kier molecular flexibility index (Phi) is 12.3. The second-order valence-electron chi connectivity index (χ2n) is 10.8. The molecule has 1 aliphatic rings. The van der Waals surface area contributed by atoms with E-state index in [4.69, 9.17) is 4.99 Å². The lowest BCUT2D eigenvalue weighted by Gasteiger charge is -2.14. The smallest absolute Gasteiger partial charge is 0.0786 e. The van der Waals surface area contributed by atoms with Crippen LogP contribution in [0.15, 0.2) is 169 Å². The fraction of sp³-hybridized carbons (Fsp3) is 0.0909. The zero-order valence-corrected chi connectivity index (χ0v) is 27.3. The number of hydrogen-bond acceptors (Lipinski definition) is 2. The molecule has 2 heteroatoms. The van der Waals surface area contributed by atoms with Crippen LogP contribution < -0.4 is 0 Å². The second-order valence-corrected chi connectivity index (χ2v) is 10.8. The zero-order chi connectivity index (χ0) is 32.7. The van der Waals surface area contributed by atoms with Gasteiger partial charge in [0, 0.05) is 28.9 Å². The molecule has 0 aliphatic carbocycles. The normalized spacial score (nSPS) is 13.1. The number of aryl methyl sites for hydroxylation is 2. The van der Waals surface area contributed by atoms with Gasteiger partial charge in [0.25, 0.3) is 0 Å². The Morgan fingerprint density at radius 1 is 0.783 bits per heavy atom. The maximum Gasteiger partial charge on any atom is 0.0786 e. The molecule has 46 heavy (non-hydrogen) atoms. The van der Waals surface area contributed by atoms with Gasteiger partial charge in [0.1, 0.15) is 0 Å². The number of rotatable bonds is 10. The molecule has 2 nitrogen and oxygen atoms in total. The topological polar surface area (TPSA) is 24.7 Å². The van der Waals surface area contributed by atoms with Crippen molar-refractivity contribution >= 4 is 45.7 Å². The van der Waals surface area contributed by atoms with Gasteiger partial charge in [-0.25, -0.2) is 0 Å². The highest BCUT2D eigenvalue weighted by Gasteiger charge is 2.12. The highest BCUT2D eigenvalue weighted by molar-refractivity contribution is 6.02. The minimum absolute atomic E-state index is 0.916. The summed E-state index contributed by atoms with van der Waals surface area (Å²) in [6, 6.07) is 27.7. The number of hydrogen-bond donors (Lipinski definition) is 0. The van der Waals surface area contributed by atoms with E-state index in [0.717, 1.165) is 44.4 Å². The van der Waals surface area contributed by atoms with Crippen LogP contribution in [0.5, 0.6) is 0 Å². The molecule has 0 radical (unpaired) electrons. The first-order valence-corrected chi connectivity index (χ1v) is 15.5.